The normalized spacial score (nSPS) is 18.1. The van der Waals surface area contributed by atoms with Gasteiger partial charge in [0.05, 0.1) is 18.7 Å². The van der Waals surface area contributed by atoms with Crippen molar-refractivity contribution >= 4 is 29.1 Å². The number of carbonyl (C=O) groups is 2. The summed E-state index contributed by atoms with van der Waals surface area (Å²) in [6, 6.07) is 10.2. The second kappa shape index (κ2) is 9.41. The number of benzene rings is 2. The van der Waals surface area contributed by atoms with Crippen LogP contribution in [-0.4, -0.2) is 66.0 Å². The summed E-state index contributed by atoms with van der Waals surface area (Å²) in [6.45, 7) is 1.06. The van der Waals surface area contributed by atoms with E-state index in [4.69, 9.17) is 16.3 Å². The predicted molar refractivity (Wildman–Crippen MR) is 118 cm³/mol. The van der Waals surface area contributed by atoms with Crippen molar-refractivity contribution in [2.45, 2.75) is 12.5 Å². The lowest BCUT2D eigenvalue weighted by atomic mass is 9.95. The molecule has 1 amide bonds. The zero-order valence-electron chi connectivity index (χ0n) is 17.6. The van der Waals surface area contributed by atoms with Crippen LogP contribution in [0.4, 0.5) is 0 Å². The molecule has 0 aromatic heterocycles. The van der Waals surface area contributed by atoms with Gasteiger partial charge in [-0.1, -0.05) is 17.7 Å². The highest BCUT2D eigenvalue weighted by molar-refractivity contribution is 6.46. The Morgan fingerprint density at radius 2 is 1.84 bits per heavy atom. The number of amides is 1. The van der Waals surface area contributed by atoms with Crippen LogP contribution >= 0.6 is 11.6 Å². The smallest absolute Gasteiger partial charge is 0.295 e. The maximum Gasteiger partial charge on any atom is 0.295 e. The monoisotopic (exact) mass is 444 g/mol. The van der Waals surface area contributed by atoms with Gasteiger partial charge >= 0.3 is 0 Å². The van der Waals surface area contributed by atoms with E-state index in [9.17, 15) is 19.8 Å². The van der Waals surface area contributed by atoms with Gasteiger partial charge in [-0.25, -0.2) is 0 Å². The van der Waals surface area contributed by atoms with Gasteiger partial charge in [0.25, 0.3) is 11.7 Å². The van der Waals surface area contributed by atoms with Crippen molar-refractivity contribution in [2.24, 2.45) is 0 Å². The highest BCUT2D eigenvalue weighted by atomic mass is 35.5. The molecule has 1 fully saturated rings. The van der Waals surface area contributed by atoms with E-state index in [0.29, 0.717) is 29.1 Å². The number of nitrogens with zero attached hydrogens (tertiary/aromatic N) is 2. The molecule has 1 aliphatic rings. The summed E-state index contributed by atoms with van der Waals surface area (Å²) in [5.41, 5.74) is 0.922. The average Bonchev–Trinajstić information content (AvgIpc) is 2.99. The Hall–Kier alpha value is -3.03. The molecule has 8 heteroatoms. The molecule has 0 aliphatic carbocycles. The largest absolute Gasteiger partial charge is 0.507 e. The lowest BCUT2D eigenvalue weighted by molar-refractivity contribution is -0.139. The van der Waals surface area contributed by atoms with Crippen LogP contribution in [0.3, 0.4) is 0 Å². The molecule has 0 bridgehead atoms. The molecule has 1 saturated heterocycles. The molecule has 0 saturated carbocycles. The fourth-order valence-electron chi connectivity index (χ4n) is 3.64. The number of halogens is 1. The first kappa shape index (κ1) is 22.7. The highest BCUT2D eigenvalue weighted by Gasteiger charge is 2.46. The predicted octanol–water partition coefficient (Wildman–Crippen LogP) is 3.43. The standard InChI is InChI=1S/C23H25ClN2O5/c1-25(2)11-4-12-26-20(15-7-10-17(27)18(13-15)31-3)19(22(29)23(26)30)21(28)14-5-8-16(24)9-6-14/h5-10,13,20,27-28H,4,11-12H2,1-3H3/t20-/m0/s1. The number of carbonyl (C=O) groups excluding carboxylic acids is 2. The third-order valence-corrected chi connectivity index (χ3v) is 5.43. The van der Waals surface area contributed by atoms with Crippen LogP contribution in [0.5, 0.6) is 11.5 Å². The van der Waals surface area contributed by atoms with Gasteiger partial charge in [0, 0.05) is 17.1 Å². The van der Waals surface area contributed by atoms with Crippen molar-refractivity contribution in [2.75, 3.05) is 34.3 Å². The van der Waals surface area contributed by atoms with Crippen molar-refractivity contribution in [3.63, 3.8) is 0 Å². The zero-order chi connectivity index (χ0) is 22.7. The number of hydrogen-bond donors (Lipinski definition) is 2. The summed E-state index contributed by atoms with van der Waals surface area (Å²) < 4.78 is 5.20. The Morgan fingerprint density at radius 3 is 2.45 bits per heavy atom. The summed E-state index contributed by atoms with van der Waals surface area (Å²) in [4.78, 5) is 29.3. The summed E-state index contributed by atoms with van der Waals surface area (Å²) in [5, 5.41) is 21.5. The Balaban J connectivity index is 2.13. The third-order valence-electron chi connectivity index (χ3n) is 5.18. The molecule has 2 aromatic carbocycles. The number of methoxy groups -OCH3 is 1. The highest BCUT2D eigenvalue weighted by Crippen LogP contribution is 2.41. The molecule has 1 heterocycles. The average molecular weight is 445 g/mol. The molecule has 7 nitrogen and oxygen atoms in total. The van der Waals surface area contributed by atoms with E-state index in [2.05, 4.69) is 0 Å². The number of rotatable bonds is 7. The molecule has 1 atom stereocenters. The molecule has 0 spiro atoms. The Kier molecular flexibility index (Phi) is 6.87. The van der Waals surface area contributed by atoms with Crippen LogP contribution in [0.25, 0.3) is 5.76 Å². The fourth-order valence-corrected chi connectivity index (χ4v) is 3.77. The third kappa shape index (κ3) is 4.68. The van der Waals surface area contributed by atoms with Crippen molar-refractivity contribution in [3.8, 4) is 11.5 Å². The molecule has 164 valence electrons. The molecule has 2 N–H and O–H groups in total. The molecule has 2 aromatic rings. The molecule has 3 rings (SSSR count). The number of phenolic OH excluding ortho intramolecular Hbond substituents is 1. The van der Waals surface area contributed by atoms with Crippen molar-refractivity contribution in [1.82, 2.24) is 9.80 Å². The van der Waals surface area contributed by atoms with Crippen LogP contribution in [-0.2, 0) is 9.59 Å². The molecular weight excluding hydrogens is 420 g/mol. The number of hydrogen-bond acceptors (Lipinski definition) is 6. The van der Waals surface area contributed by atoms with Gasteiger partial charge in [-0.2, -0.15) is 0 Å². The number of Topliss-reactive ketones (excluding diaryl/α,β-unsaturated/α-hetero) is 1. The number of aliphatic hydroxyl groups excluding tert-OH is 1. The van der Waals surface area contributed by atoms with Gasteiger partial charge in [0.2, 0.25) is 0 Å². The molecular formula is C23H25ClN2O5. The Labute approximate surface area is 186 Å². The molecule has 31 heavy (non-hydrogen) atoms. The second-order valence-electron chi connectivity index (χ2n) is 7.59. The Morgan fingerprint density at radius 1 is 1.16 bits per heavy atom. The van der Waals surface area contributed by atoms with Crippen LogP contribution in [0, 0.1) is 0 Å². The first-order chi connectivity index (χ1) is 14.7. The van der Waals surface area contributed by atoms with E-state index in [1.165, 1.54) is 18.1 Å². The van der Waals surface area contributed by atoms with Crippen LogP contribution in [0.15, 0.2) is 48.0 Å². The minimum Gasteiger partial charge on any atom is -0.507 e. The second-order valence-corrected chi connectivity index (χ2v) is 8.02. The number of likely N-dealkylation sites (tertiary alicyclic amines) is 1. The van der Waals surface area contributed by atoms with E-state index in [-0.39, 0.29) is 22.8 Å². The summed E-state index contributed by atoms with van der Waals surface area (Å²) in [7, 11) is 5.27. The molecule has 0 radical (unpaired) electrons. The number of ether oxygens (including phenoxy) is 1. The van der Waals surface area contributed by atoms with Gasteiger partial charge in [-0.05, 0) is 69.0 Å². The van der Waals surface area contributed by atoms with E-state index in [0.717, 1.165) is 6.54 Å². The van der Waals surface area contributed by atoms with Crippen molar-refractivity contribution in [1.29, 1.82) is 0 Å². The summed E-state index contributed by atoms with van der Waals surface area (Å²) >= 11 is 5.94. The maximum absolute atomic E-state index is 13.0. The first-order valence-corrected chi connectivity index (χ1v) is 10.2. The van der Waals surface area contributed by atoms with Crippen LogP contribution in [0.1, 0.15) is 23.6 Å². The van der Waals surface area contributed by atoms with E-state index in [1.54, 1.807) is 36.4 Å². The van der Waals surface area contributed by atoms with Crippen LogP contribution < -0.4 is 4.74 Å². The molecule has 1 aliphatic heterocycles. The summed E-state index contributed by atoms with van der Waals surface area (Å²) in [5.74, 6) is -1.56. The SMILES string of the molecule is COc1cc([C@H]2C(=C(O)c3ccc(Cl)cc3)C(=O)C(=O)N2CCCN(C)C)ccc1O. The van der Waals surface area contributed by atoms with Crippen LogP contribution in [0.2, 0.25) is 5.02 Å². The van der Waals surface area contributed by atoms with Gasteiger partial charge in [0.1, 0.15) is 5.76 Å². The van der Waals surface area contributed by atoms with Crippen molar-refractivity contribution in [3.05, 3.63) is 64.2 Å². The topological polar surface area (TPSA) is 90.3 Å². The molecule has 0 unspecified atom stereocenters. The van der Waals surface area contributed by atoms with Gasteiger partial charge < -0.3 is 24.7 Å². The zero-order valence-corrected chi connectivity index (χ0v) is 18.4. The number of aromatic hydroxyl groups is 1. The van der Waals surface area contributed by atoms with Gasteiger partial charge in [0.15, 0.2) is 11.5 Å². The maximum atomic E-state index is 13.0. The fraction of sp³-hybridized carbons (Fsp3) is 0.304. The Bertz CT molecular complexity index is 1020. The minimum atomic E-state index is -0.813. The van der Waals surface area contributed by atoms with Crippen molar-refractivity contribution < 1.29 is 24.5 Å². The quantitative estimate of drug-likeness (QED) is 0.386. The van der Waals surface area contributed by atoms with Gasteiger partial charge in [-0.3, -0.25) is 9.59 Å². The van der Waals surface area contributed by atoms with E-state index >= 15 is 0 Å². The summed E-state index contributed by atoms with van der Waals surface area (Å²) in [6.07, 6.45) is 0.646. The van der Waals surface area contributed by atoms with E-state index in [1.807, 2.05) is 19.0 Å². The van der Waals surface area contributed by atoms with Gasteiger partial charge in [-0.15, -0.1) is 0 Å². The van der Waals surface area contributed by atoms with E-state index < -0.39 is 17.7 Å². The number of ketones is 1. The lowest BCUT2D eigenvalue weighted by Gasteiger charge is -2.26. The number of phenols is 1. The lowest BCUT2D eigenvalue weighted by Crippen LogP contribution is -2.32. The number of aliphatic hydroxyl groups is 1. The first-order valence-electron chi connectivity index (χ1n) is 9.80. The minimum absolute atomic E-state index is 0.00933.